The first-order valence-electron chi connectivity index (χ1n) is 14.1. The minimum atomic E-state index is -1.17. The third-order valence-electron chi connectivity index (χ3n) is 9.85. The molecule has 0 amide bonds. The van der Waals surface area contributed by atoms with Crippen molar-refractivity contribution in [3.05, 3.63) is 11.8 Å². The van der Waals surface area contributed by atoms with Gasteiger partial charge >= 0.3 is 5.97 Å². The molecule has 5 fully saturated rings. The number of morpholine rings is 1. The van der Waals surface area contributed by atoms with Crippen LogP contribution in [0.1, 0.15) is 51.4 Å². The average molecular weight is 522 g/mol. The van der Waals surface area contributed by atoms with Crippen LogP contribution >= 0.6 is 11.8 Å². The van der Waals surface area contributed by atoms with Gasteiger partial charge in [-0.2, -0.15) is 0 Å². The second-order valence-corrected chi connectivity index (χ2v) is 13.2. The maximum Gasteiger partial charge on any atom is 0.340 e. The zero-order valence-corrected chi connectivity index (χ0v) is 21.8. The van der Waals surface area contributed by atoms with E-state index in [9.17, 15) is 14.7 Å². The second-order valence-electron chi connectivity index (χ2n) is 11.8. The standard InChI is InChI=1S/C27H40FN3O4S/c28-20-14-18-24-26(23(20)29-6-3-7-30-8-10-35-11-9-30)36-22-13-17-5-2-1-4-16(17)12-21(22)31(24)15-19(25(18)32)27(33)34/h15-18,20-24,26,29H,1-14H2,(H,33,34). The van der Waals surface area contributed by atoms with Gasteiger partial charge in [-0.25, -0.2) is 9.18 Å². The number of carbonyl (C=O) groups excluding carboxylic acids is 1. The number of ether oxygens (including phenoxy) is 1. The van der Waals surface area contributed by atoms with E-state index < -0.39 is 18.1 Å². The number of aliphatic carboxylic acids is 1. The number of ketones is 1. The lowest BCUT2D eigenvalue weighted by molar-refractivity contribution is -0.138. The number of fused-ring (bicyclic) bond motifs is 3. The maximum atomic E-state index is 15.7. The molecule has 0 aromatic rings. The number of carboxylic acids is 1. The van der Waals surface area contributed by atoms with Crippen molar-refractivity contribution in [3.63, 3.8) is 0 Å². The van der Waals surface area contributed by atoms with Gasteiger partial charge in [0.15, 0.2) is 5.78 Å². The van der Waals surface area contributed by atoms with Gasteiger partial charge in [0.25, 0.3) is 0 Å². The van der Waals surface area contributed by atoms with E-state index in [-0.39, 0.29) is 41.2 Å². The van der Waals surface area contributed by atoms with Crippen LogP contribution in [0.3, 0.4) is 0 Å². The molecule has 0 radical (unpaired) electrons. The molecule has 2 N–H and O–H groups in total. The number of rotatable bonds is 6. The summed E-state index contributed by atoms with van der Waals surface area (Å²) in [7, 11) is 0. The highest BCUT2D eigenvalue weighted by atomic mass is 32.2. The largest absolute Gasteiger partial charge is 0.478 e. The average Bonchev–Trinajstić information content (AvgIpc) is 2.88. The van der Waals surface area contributed by atoms with Crippen LogP contribution in [0.5, 0.6) is 0 Å². The normalized spacial score (nSPS) is 42.7. The molecule has 0 bridgehead atoms. The van der Waals surface area contributed by atoms with Crippen LogP contribution in [0, 0.1) is 17.8 Å². The number of alkyl halides is 1. The van der Waals surface area contributed by atoms with Crippen LogP contribution in [-0.4, -0.2) is 101 Å². The van der Waals surface area contributed by atoms with E-state index in [4.69, 9.17) is 4.74 Å². The Bertz CT molecular complexity index is 883. The van der Waals surface area contributed by atoms with Crippen molar-refractivity contribution in [2.45, 2.75) is 86.2 Å². The Morgan fingerprint density at radius 1 is 1.17 bits per heavy atom. The van der Waals surface area contributed by atoms with E-state index in [0.717, 1.165) is 64.6 Å². The van der Waals surface area contributed by atoms with Crippen LogP contribution in [0.15, 0.2) is 11.8 Å². The fourth-order valence-electron chi connectivity index (χ4n) is 8.08. The Labute approximate surface area is 217 Å². The number of nitrogens with zero attached hydrogens (tertiary/aromatic N) is 2. The van der Waals surface area contributed by atoms with E-state index in [1.165, 1.54) is 25.7 Å². The van der Waals surface area contributed by atoms with Gasteiger partial charge in [-0.15, -0.1) is 11.8 Å². The molecule has 6 aliphatic rings. The molecular formula is C27H40FN3O4S. The zero-order valence-electron chi connectivity index (χ0n) is 21.0. The van der Waals surface area contributed by atoms with Gasteiger partial charge in [-0.3, -0.25) is 9.69 Å². The van der Waals surface area contributed by atoms with Gasteiger partial charge in [0.1, 0.15) is 11.7 Å². The summed E-state index contributed by atoms with van der Waals surface area (Å²) in [6.07, 6.45) is 8.94. The quantitative estimate of drug-likeness (QED) is 0.408. The van der Waals surface area contributed by atoms with Gasteiger partial charge in [-0.05, 0) is 50.6 Å². The first-order valence-corrected chi connectivity index (χ1v) is 15.1. The summed E-state index contributed by atoms with van der Waals surface area (Å²) in [5.74, 6) is -0.673. The van der Waals surface area contributed by atoms with Gasteiger partial charge < -0.3 is 20.1 Å². The molecule has 9 unspecified atom stereocenters. The molecule has 0 aromatic carbocycles. The number of Topliss-reactive ketones (excluding diaryl/α,β-unsaturated/α-hetero) is 1. The number of thioether (sulfide) groups is 1. The summed E-state index contributed by atoms with van der Waals surface area (Å²) in [6.45, 7) is 5.21. The van der Waals surface area contributed by atoms with Crippen LogP contribution in [0.4, 0.5) is 4.39 Å². The van der Waals surface area contributed by atoms with Crippen LogP contribution in [-0.2, 0) is 14.3 Å². The first-order chi connectivity index (χ1) is 17.5. The summed E-state index contributed by atoms with van der Waals surface area (Å²) in [5, 5.41) is 13.7. The Morgan fingerprint density at radius 2 is 1.92 bits per heavy atom. The number of carboxylic acid groups (broad SMARTS) is 1. The highest BCUT2D eigenvalue weighted by Crippen LogP contribution is 2.54. The molecule has 0 aromatic heterocycles. The molecule has 9 heteroatoms. The fourth-order valence-corrected chi connectivity index (χ4v) is 10.2. The smallest absolute Gasteiger partial charge is 0.340 e. The predicted molar refractivity (Wildman–Crippen MR) is 137 cm³/mol. The van der Waals surface area contributed by atoms with Gasteiger partial charge in [0.2, 0.25) is 0 Å². The summed E-state index contributed by atoms with van der Waals surface area (Å²) in [4.78, 5) is 29.9. The lowest BCUT2D eigenvalue weighted by Crippen LogP contribution is -2.70. The fraction of sp³-hybridized carbons (Fsp3) is 0.852. The Morgan fingerprint density at radius 3 is 2.67 bits per heavy atom. The van der Waals surface area contributed by atoms with Crippen molar-refractivity contribution < 1.29 is 23.8 Å². The lowest BCUT2D eigenvalue weighted by atomic mass is 9.67. The monoisotopic (exact) mass is 521 g/mol. The summed E-state index contributed by atoms with van der Waals surface area (Å²) in [5.41, 5.74) is -0.143. The minimum Gasteiger partial charge on any atom is -0.478 e. The highest BCUT2D eigenvalue weighted by Gasteiger charge is 2.59. The molecule has 3 heterocycles. The third kappa shape index (κ3) is 4.63. The molecule has 0 spiro atoms. The van der Waals surface area contributed by atoms with Gasteiger partial charge in [0, 0.05) is 41.7 Å². The topological polar surface area (TPSA) is 82.1 Å². The second kappa shape index (κ2) is 10.5. The molecule has 3 aliphatic carbocycles. The number of hydrogen-bond acceptors (Lipinski definition) is 7. The molecule has 3 saturated carbocycles. The molecule has 2 saturated heterocycles. The predicted octanol–water partition coefficient (Wildman–Crippen LogP) is 2.70. The van der Waals surface area contributed by atoms with Crippen molar-refractivity contribution in [1.82, 2.24) is 15.1 Å². The molecule has 7 nitrogen and oxygen atoms in total. The van der Waals surface area contributed by atoms with Crippen molar-refractivity contribution >= 4 is 23.5 Å². The van der Waals surface area contributed by atoms with Crippen molar-refractivity contribution in [1.29, 1.82) is 0 Å². The summed E-state index contributed by atoms with van der Waals surface area (Å²) >= 11 is 1.92. The van der Waals surface area contributed by atoms with E-state index in [1.807, 2.05) is 11.8 Å². The van der Waals surface area contributed by atoms with E-state index in [2.05, 4.69) is 15.1 Å². The van der Waals surface area contributed by atoms with Crippen molar-refractivity contribution in [2.24, 2.45) is 17.8 Å². The minimum absolute atomic E-state index is 0.0425. The molecular weight excluding hydrogens is 481 g/mol. The lowest BCUT2D eigenvalue weighted by Gasteiger charge is -2.60. The number of carbonyl (C=O) groups is 2. The zero-order chi connectivity index (χ0) is 24.8. The van der Waals surface area contributed by atoms with Crippen LogP contribution in [0.2, 0.25) is 0 Å². The molecule has 9 atom stereocenters. The SMILES string of the molecule is O=C(O)C1=CN2C3CC4CCCCC4CC3SC3C(NCCCN4CCOCC4)C(F)CC(C1=O)C32. The third-order valence-corrected chi connectivity index (χ3v) is 11.6. The van der Waals surface area contributed by atoms with Gasteiger partial charge in [-0.1, -0.05) is 25.7 Å². The van der Waals surface area contributed by atoms with E-state index in [1.54, 1.807) is 6.20 Å². The highest BCUT2D eigenvalue weighted by molar-refractivity contribution is 8.00. The van der Waals surface area contributed by atoms with Gasteiger partial charge in [0.05, 0.1) is 25.3 Å². The maximum absolute atomic E-state index is 15.7. The van der Waals surface area contributed by atoms with Crippen molar-refractivity contribution in [3.8, 4) is 0 Å². The number of halogens is 1. The molecule has 6 rings (SSSR count). The van der Waals surface area contributed by atoms with Crippen molar-refractivity contribution in [2.75, 3.05) is 39.4 Å². The van der Waals surface area contributed by atoms with E-state index in [0.29, 0.717) is 11.2 Å². The van der Waals surface area contributed by atoms with E-state index >= 15 is 4.39 Å². The Balaban J connectivity index is 1.22. The van der Waals surface area contributed by atoms with Crippen LogP contribution in [0.25, 0.3) is 0 Å². The number of nitrogens with one attached hydrogen (secondary N) is 1. The Hall–Kier alpha value is -1.16. The number of hydrogen-bond donors (Lipinski definition) is 2. The summed E-state index contributed by atoms with van der Waals surface area (Å²) < 4.78 is 21.2. The Kier molecular flexibility index (Phi) is 7.36. The molecule has 3 aliphatic heterocycles. The molecule has 200 valence electrons. The first kappa shape index (κ1) is 25.1. The van der Waals surface area contributed by atoms with Crippen LogP contribution < -0.4 is 5.32 Å². The summed E-state index contributed by atoms with van der Waals surface area (Å²) in [6, 6.07) is -0.171. The molecule has 36 heavy (non-hydrogen) atoms.